The molecule has 0 rings (SSSR count). The van der Waals surface area contributed by atoms with Crippen LogP contribution in [0.4, 0.5) is 0 Å². The van der Waals surface area contributed by atoms with Crippen LogP contribution in [0, 0.1) is 24.2 Å². The number of nitriles is 1. The lowest BCUT2D eigenvalue weighted by molar-refractivity contribution is 0.650. The first-order valence-corrected chi connectivity index (χ1v) is 2.54. The van der Waals surface area contributed by atoms with E-state index in [-0.39, 0.29) is 5.92 Å². The summed E-state index contributed by atoms with van der Waals surface area (Å²) in [6, 6.07) is 2.14. The number of hydrogen-bond donors (Lipinski definition) is 0. The maximum atomic E-state index is 8.24. The Morgan fingerprint density at radius 3 is 2.43 bits per heavy atom. The highest BCUT2D eigenvalue weighted by atomic mass is 14.3. The molecule has 1 nitrogen and oxygen atoms in total. The van der Waals surface area contributed by atoms with Crippen LogP contribution in [-0.4, -0.2) is 0 Å². The molecule has 0 N–H and O–H groups in total. The monoisotopic (exact) mass is 96.1 g/mol. The van der Waals surface area contributed by atoms with E-state index in [4.69, 9.17) is 5.26 Å². The van der Waals surface area contributed by atoms with Crippen LogP contribution in [0.3, 0.4) is 0 Å². The van der Waals surface area contributed by atoms with Crippen molar-refractivity contribution in [2.45, 2.75) is 19.8 Å². The van der Waals surface area contributed by atoms with Gasteiger partial charge >= 0.3 is 0 Å². The molecule has 0 saturated heterocycles. The average Bonchev–Trinajstić information content (AvgIpc) is 1.72. The van der Waals surface area contributed by atoms with Crippen LogP contribution in [0.5, 0.6) is 0 Å². The van der Waals surface area contributed by atoms with E-state index in [0.717, 1.165) is 12.8 Å². The van der Waals surface area contributed by atoms with Crippen molar-refractivity contribution in [3.63, 3.8) is 0 Å². The summed E-state index contributed by atoms with van der Waals surface area (Å²) in [5.41, 5.74) is 0. The van der Waals surface area contributed by atoms with Gasteiger partial charge in [0.15, 0.2) is 0 Å². The van der Waals surface area contributed by atoms with Gasteiger partial charge in [0, 0.05) is 5.92 Å². The van der Waals surface area contributed by atoms with E-state index in [1.54, 1.807) is 0 Å². The van der Waals surface area contributed by atoms with E-state index in [1.165, 1.54) is 0 Å². The molecule has 0 aliphatic heterocycles. The standard InChI is InChI=1S/C6H10N/c1-3-6(4-2)5-7/h6H,1,3-4H2,2H3. The maximum absolute atomic E-state index is 8.24. The molecule has 1 unspecified atom stereocenters. The van der Waals surface area contributed by atoms with E-state index in [2.05, 4.69) is 13.0 Å². The van der Waals surface area contributed by atoms with Crippen molar-refractivity contribution in [1.29, 1.82) is 5.26 Å². The van der Waals surface area contributed by atoms with E-state index < -0.39 is 0 Å². The lowest BCUT2D eigenvalue weighted by Crippen LogP contribution is -1.89. The first kappa shape index (κ1) is 6.49. The summed E-state index contributed by atoms with van der Waals surface area (Å²) in [6.07, 6.45) is 1.67. The zero-order chi connectivity index (χ0) is 5.70. The van der Waals surface area contributed by atoms with E-state index in [0.29, 0.717) is 0 Å². The van der Waals surface area contributed by atoms with E-state index in [9.17, 15) is 0 Å². The quantitative estimate of drug-likeness (QED) is 0.514. The zero-order valence-electron chi connectivity index (χ0n) is 4.65. The fourth-order valence-electron chi connectivity index (χ4n) is 0.360. The lowest BCUT2D eigenvalue weighted by atomic mass is 10.1. The highest BCUT2D eigenvalue weighted by Gasteiger charge is 1.96. The molecule has 1 heteroatoms. The molecule has 0 saturated carbocycles. The summed E-state index contributed by atoms with van der Waals surface area (Å²) >= 11 is 0. The van der Waals surface area contributed by atoms with Crippen molar-refractivity contribution in [1.82, 2.24) is 0 Å². The van der Waals surface area contributed by atoms with Crippen molar-refractivity contribution < 1.29 is 0 Å². The topological polar surface area (TPSA) is 23.8 Å². The molecule has 39 valence electrons. The van der Waals surface area contributed by atoms with Crippen LogP contribution >= 0.6 is 0 Å². The second-order valence-corrected chi connectivity index (χ2v) is 1.52. The molecule has 0 fully saturated rings. The molecule has 7 heavy (non-hydrogen) atoms. The molecule has 1 atom stereocenters. The molecule has 0 heterocycles. The summed E-state index contributed by atoms with van der Waals surface area (Å²) in [4.78, 5) is 0. The number of hydrogen-bond acceptors (Lipinski definition) is 1. The SMILES string of the molecule is [CH2]CC(C#N)CC. The van der Waals surface area contributed by atoms with Gasteiger partial charge in [0.2, 0.25) is 0 Å². The Hall–Kier alpha value is -0.510. The highest BCUT2D eigenvalue weighted by molar-refractivity contribution is 4.81. The van der Waals surface area contributed by atoms with Crippen LogP contribution in [0.1, 0.15) is 19.8 Å². The van der Waals surface area contributed by atoms with Gasteiger partial charge in [-0.05, 0) is 12.8 Å². The minimum absolute atomic E-state index is 0.181. The predicted octanol–water partition coefficient (Wildman–Crippen LogP) is 1.76. The smallest absolute Gasteiger partial charge is 0.0655 e. The van der Waals surface area contributed by atoms with Crippen molar-refractivity contribution >= 4 is 0 Å². The molecule has 1 radical (unpaired) electrons. The third-order valence-corrected chi connectivity index (χ3v) is 1.02. The number of rotatable bonds is 2. The summed E-state index contributed by atoms with van der Waals surface area (Å²) in [6.45, 7) is 5.60. The molecule has 0 amide bonds. The third-order valence-electron chi connectivity index (χ3n) is 1.02. The van der Waals surface area contributed by atoms with Gasteiger partial charge in [-0.2, -0.15) is 5.26 Å². The first-order chi connectivity index (χ1) is 3.35. The Morgan fingerprint density at radius 1 is 1.86 bits per heavy atom. The van der Waals surface area contributed by atoms with Crippen LogP contribution in [-0.2, 0) is 0 Å². The maximum Gasteiger partial charge on any atom is 0.0655 e. The van der Waals surface area contributed by atoms with Crippen LogP contribution < -0.4 is 0 Å². The van der Waals surface area contributed by atoms with E-state index in [1.807, 2.05) is 6.92 Å². The third kappa shape index (κ3) is 2.22. The summed E-state index contributed by atoms with van der Waals surface area (Å²) in [7, 11) is 0. The highest BCUT2D eigenvalue weighted by Crippen LogP contribution is 2.02. The van der Waals surface area contributed by atoms with Crippen LogP contribution in [0.25, 0.3) is 0 Å². The first-order valence-electron chi connectivity index (χ1n) is 2.54. The Morgan fingerprint density at radius 2 is 2.43 bits per heavy atom. The molecule has 0 aliphatic carbocycles. The largest absolute Gasteiger partial charge is 0.198 e. The minimum atomic E-state index is 0.181. The molecule has 0 aromatic carbocycles. The fraction of sp³-hybridized carbons (Fsp3) is 0.667. The van der Waals surface area contributed by atoms with Gasteiger partial charge in [-0.15, -0.1) is 0 Å². The van der Waals surface area contributed by atoms with Crippen LogP contribution in [0.2, 0.25) is 0 Å². The van der Waals surface area contributed by atoms with Crippen molar-refractivity contribution in [3.05, 3.63) is 6.92 Å². The van der Waals surface area contributed by atoms with Gasteiger partial charge in [0.05, 0.1) is 6.07 Å². The Labute approximate surface area is 45.0 Å². The van der Waals surface area contributed by atoms with Gasteiger partial charge in [-0.25, -0.2) is 0 Å². The minimum Gasteiger partial charge on any atom is -0.198 e. The van der Waals surface area contributed by atoms with Crippen LogP contribution in [0.15, 0.2) is 0 Å². The molecule has 0 aromatic rings. The predicted molar refractivity (Wildman–Crippen MR) is 29.4 cm³/mol. The number of nitrogens with zero attached hydrogens (tertiary/aromatic N) is 1. The molecule has 0 bridgehead atoms. The zero-order valence-corrected chi connectivity index (χ0v) is 4.65. The van der Waals surface area contributed by atoms with Crippen molar-refractivity contribution in [3.8, 4) is 6.07 Å². The van der Waals surface area contributed by atoms with E-state index >= 15 is 0 Å². The molecule has 0 aliphatic rings. The normalized spacial score (nSPS) is 8.86. The average molecular weight is 96.2 g/mol. The van der Waals surface area contributed by atoms with Gasteiger partial charge in [-0.1, -0.05) is 13.8 Å². The van der Waals surface area contributed by atoms with Crippen molar-refractivity contribution in [2.75, 3.05) is 0 Å². The van der Waals surface area contributed by atoms with Gasteiger partial charge in [-0.3, -0.25) is 0 Å². The van der Waals surface area contributed by atoms with Gasteiger partial charge in [0.1, 0.15) is 0 Å². The summed E-state index contributed by atoms with van der Waals surface area (Å²) in [5, 5.41) is 8.24. The fourth-order valence-corrected chi connectivity index (χ4v) is 0.360. The van der Waals surface area contributed by atoms with Crippen molar-refractivity contribution in [2.24, 2.45) is 5.92 Å². The second kappa shape index (κ2) is 3.67. The van der Waals surface area contributed by atoms with Gasteiger partial charge in [0.25, 0.3) is 0 Å². The summed E-state index contributed by atoms with van der Waals surface area (Å²) < 4.78 is 0. The Balaban J connectivity index is 3.23. The second-order valence-electron chi connectivity index (χ2n) is 1.52. The molecule has 0 spiro atoms. The summed E-state index contributed by atoms with van der Waals surface area (Å²) in [5.74, 6) is 0.181. The lowest BCUT2D eigenvalue weighted by Gasteiger charge is -1.95. The molecular weight excluding hydrogens is 86.1 g/mol. The Bertz CT molecular complexity index is 66.7. The van der Waals surface area contributed by atoms with Gasteiger partial charge < -0.3 is 0 Å². The Kier molecular flexibility index (Phi) is 3.40. The molecule has 0 aromatic heterocycles. The molecular formula is C6H10N.